The van der Waals surface area contributed by atoms with Crippen LogP contribution in [0.3, 0.4) is 0 Å². The molecule has 1 amide bonds. The molecule has 0 fully saturated rings. The second-order valence-electron chi connectivity index (χ2n) is 8.77. The third-order valence-electron chi connectivity index (χ3n) is 5.75. The first kappa shape index (κ1) is 21.4. The van der Waals surface area contributed by atoms with Crippen LogP contribution >= 0.6 is 0 Å². The van der Waals surface area contributed by atoms with Crippen molar-refractivity contribution in [1.29, 1.82) is 5.26 Å². The van der Waals surface area contributed by atoms with E-state index in [1.54, 1.807) is 6.08 Å². The summed E-state index contributed by atoms with van der Waals surface area (Å²) in [6, 6.07) is 12.1. The molecular weight excluding hydrogens is 370 g/mol. The van der Waals surface area contributed by atoms with Crippen molar-refractivity contribution in [2.75, 3.05) is 17.3 Å². The van der Waals surface area contributed by atoms with E-state index in [0.717, 1.165) is 33.5 Å². The minimum atomic E-state index is -0.398. The molecule has 0 bridgehead atoms. The van der Waals surface area contributed by atoms with Gasteiger partial charge in [-0.2, -0.15) is 5.26 Å². The highest BCUT2D eigenvalue weighted by Gasteiger charge is 2.28. The summed E-state index contributed by atoms with van der Waals surface area (Å²) < 4.78 is 0. The number of hydrogen-bond donors (Lipinski definition) is 1. The minimum absolute atomic E-state index is 0.0650. The van der Waals surface area contributed by atoms with Crippen LogP contribution < -0.4 is 10.2 Å². The molecule has 2 aromatic carbocycles. The number of carbonyl (C=O) groups is 1. The third kappa shape index (κ3) is 4.16. The number of aryl methyl sites for hydroxylation is 3. The zero-order valence-electron chi connectivity index (χ0n) is 18.8. The Bertz CT molecular complexity index is 1110. The molecule has 1 heterocycles. The van der Waals surface area contributed by atoms with Crippen LogP contribution in [-0.4, -0.2) is 18.5 Å². The predicted molar refractivity (Wildman–Crippen MR) is 125 cm³/mol. The number of nitrogens with one attached hydrogen (secondary N) is 1. The van der Waals surface area contributed by atoms with Crippen molar-refractivity contribution in [3.05, 3.63) is 69.8 Å². The topological polar surface area (TPSA) is 56.1 Å². The van der Waals surface area contributed by atoms with Gasteiger partial charge in [0, 0.05) is 24.0 Å². The van der Waals surface area contributed by atoms with Crippen molar-refractivity contribution < 1.29 is 4.79 Å². The number of fused-ring (bicyclic) bond motifs is 1. The quantitative estimate of drug-likeness (QED) is 0.525. The molecule has 0 unspecified atom stereocenters. The van der Waals surface area contributed by atoms with Gasteiger partial charge in [-0.15, -0.1) is 0 Å². The van der Waals surface area contributed by atoms with E-state index < -0.39 is 5.91 Å². The first-order chi connectivity index (χ1) is 14.0. The number of carbonyl (C=O) groups excluding carboxylic acids is 1. The smallest absolute Gasteiger partial charge is 0.266 e. The minimum Gasteiger partial charge on any atom is -0.365 e. The zero-order valence-corrected chi connectivity index (χ0v) is 18.8. The fourth-order valence-electron chi connectivity index (χ4n) is 4.02. The van der Waals surface area contributed by atoms with Crippen LogP contribution in [0.5, 0.6) is 0 Å². The van der Waals surface area contributed by atoms with Crippen LogP contribution in [0.1, 0.15) is 48.6 Å². The largest absolute Gasteiger partial charge is 0.365 e. The number of rotatable bonds is 3. The summed E-state index contributed by atoms with van der Waals surface area (Å²) in [7, 11) is 2.09. The van der Waals surface area contributed by atoms with Gasteiger partial charge in [0.15, 0.2) is 0 Å². The molecular formula is C26H29N3O. The normalized spacial score (nSPS) is 15.2. The average molecular weight is 400 g/mol. The van der Waals surface area contributed by atoms with Crippen LogP contribution in [-0.2, 0) is 4.79 Å². The van der Waals surface area contributed by atoms with Gasteiger partial charge < -0.3 is 10.2 Å². The molecule has 0 saturated heterocycles. The van der Waals surface area contributed by atoms with Crippen molar-refractivity contribution in [2.45, 2.75) is 47.1 Å². The molecule has 4 heteroatoms. The second kappa shape index (κ2) is 7.84. The lowest BCUT2D eigenvalue weighted by atomic mass is 9.87. The van der Waals surface area contributed by atoms with Gasteiger partial charge in [-0.05, 0) is 99.7 Å². The van der Waals surface area contributed by atoms with Crippen LogP contribution in [0.4, 0.5) is 11.4 Å². The molecule has 0 aliphatic carbocycles. The standard InChI is InChI=1S/C26H29N3O/c1-16-8-17(2)10-22(9-16)28-25(30)21(15-27)12-20-13-23-19(4)14-26(5,6)29(7)24(23)11-18(20)3/h8-14H,1-7H3,(H,28,30)/b21-12-. The summed E-state index contributed by atoms with van der Waals surface area (Å²) in [5.41, 5.74) is 8.23. The fraction of sp³-hybridized carbons (Fsp3) is 0.308. The van der Waals surface area contributed by atoms with E-state index in [1.807, 2.05) is 39.0 Å². The van der Waals surface area contributed by atoms with Gasteiger partial charge in [0.05, 0.1) is 5.54 Å². The van der Waals surface area contributed by atoms with Gasteiger partial charge in [-0.3, -0.25) is 4.79 Å². The van der Waals surface area contributed by atoms with Gasteiger partial charge in [-0.25, -0.2) is 0 Å². The highest BCUT2D eigenvalue weighted by molar-refractivity contribution is 6.10. The molecule has 4 nitrogen and oxygen atoms in total. The van der Waals surface area contributed by atoms with E-state index in [9.17, 15) is 10.1 Å². The number of nitrogens with zero attached hydrogens (tertiary/aromatic N) is 2. The Hall–Kier alpha value is -3.32. The predicted octanol–water partition coefficient (Wildman–Crippen LogP) is 5.79. The lowest BCUT2D eigenvalue weighted by molar-refractivity contribution is -0.112. The average Bonchev–Trinajstić information content (AvgIpc) is 2.63. The fourth-order valence-corrected chi connectivity index (χ4v) is 4.02. The molecule has 30 heavy (non-hydrogen) atoms. The molecule has 1 aliphatic rings. The zero-order chi connectivity index (χ0) is 22.2. The van der Waals surface area contributed by atoms with Crippen molar-refractivity contribution in [2.24, 2.45) is 0 Å². The Kier molecular flexibility index (Phi) is 5.59. The highest BCUT2D eigenvalue weighted by Crippen LogP contribution is 2.39. The summed E-state index contributed by atoms with van der Waals surface area (Å²) in [6.45, 7) is 12.5. The highest BCUT2D eigenvalue weighted by atomic mass is 16.1. The molecule has 0 atom stereocenters. The number of nitriles is 1. The van der Waals surface area contributed by atoms with Crippen LogP contribution in [0, 0.1) is 32.1 Å². The SMILES string of the molecule is CC1=CC(C)(C)N(C)c2cc(C)c(/C=C(/C#N)C(=O)Nc3cc(C)cc(C)c3)cc21. The maximum atomic E-state index is 12.8. The number of benzene rings is 2. The van der Waals surface area contributed by atoms with Crippen molar-refractivity contribution in [3.63, 3.8) is 0 Å². The maximum Gasteiger partial charge on any atom is 0.266 e. The van der Waals surface area contributed by atoms with Crippen molar-refractivity contribution >= 4 is 28.9 Å². The lowest BCUT2D eigenvalue weighted by Gasteiger charge is -2.41. The molecule has 3 rings (SSSR count). The second-order valence-corrected chi connectivity index (χ2v) is 8.77. The van der Waals surface area contributed by atoms with Gasteiger partial charge in [0.25, 0.3) is 5.91 Å². The molecule has 0 spiro atoms. The Morgan fingerprint density at radius 2 is 1.70 bits per heavy atom. The number of likely N-dealkylation sites (N-methyl/N-ethyl adjacent to an activating group) is 1. The molecule has 0 radical (unpaired) electrons. The summed E-state index contributed by atoms with van der Waals surface area (Å²) in [5.74, 6) is -0.398. The monoisotopic (exact) mass is 399 g/mol. The lowest BCUT2D eigenvalue weighted by Crippen LogP contribution is -2.42. The Morgan fingerprint density at radius 3 is 2.30 bits per heavy atom. The van der Waals surface area contributed by atoms with Gasteiger partial charge >= 0.3 is 0 Å². The Labute approximate surface area is 179 Å². The number of amides is 1. The van der Waals surface area contributed by atoms with Crippen molar-refractivity contribution in [3.8, 4) is 6.07 Å². The number of anilines is 2. The molecule has 1 N–H and O–H groups in total. The molecule has 1 aliphatic heterocycles. The number of hydrogen-bond acceptors (Lipinski definition) is 3. The third-order valence-corrected chi connectivity index (χ3v) is 5.75. The Morgan fingerprint density at radius 1 is 1.07 bits per heavy atom. The van der Waals surface area contributed by atoms with E-state index in [4.69, 9.17) is 0 Å². The van der Waals surface area contributed by atoms with E-state index >= 15 is 0 Å². The summed E-state index contributed by atoms with van der Waals surface area (Å²) >= 11 is 0. The Balaban J connectivity index is 1.98. The van der Waals surface area contributed by atoms with Crippen LogP contribution in [0.25, 0.3) is 11.6 Å². The van der Waals surface area contributed by atoms with Gasteiger partial charge in [0.2, 0.25) is 0 Å². The van der Waals surface area contributed by atoms with E-state index in [2.05, 4.69) is 62.3 Å². The molecule has 0 saturated carbocycles. The molecule has 0 aromatic heterocycles. The summed E-state index contributed by atoms with van der Waals surface area (Å²) in [4.78, 5) is 15.0. The van der Waals surface area contributed by atoms with Gasteiger partial charge in [-0.1, -0.05) is 12.1 Å². The van der Waals surface area contributed by atoms with E-state index in [-0.39, 0.29) is 11.1 Å². The van der Waals surface area contributed by atoms with E-state index in [0.29, 0.717) is 5.69 Å². The van der Waals surface area contributed by atoms with Crippen LogP contribution in [0.15, 0.2) is 42.0 Å². The summed E-state index contributed by atoms with van der Waals surface area (Å²) in [6.07, 6.45) is 3.93. The first-order valence-corrected chi connectivity index (χ1v) is 10.1. The summed E-state index contributed by atoms with van der Waals surface area (Å²) in [5, 5.41) is 12.5. The maximum absolute atomic E-state index is 12.8. The molecule has 154 valence electrons. The first-order valence-electron chi connectivity index (χ1n) is 10.1. The van der Waals surface area contributed by atoms with Crippen molar-refractivity contribution in [1.82, 2.24) is 0 Å². The number of allylic oxidation sites excluding steroid dienone is 1. The van der Waals surface area contributed by atoms with Gasteiger partial charge in [0.1, 0.15) is 11.6 Å². The van der Waals surface area contributed by atoms with Crippen LogP contribution in [0.2, 0.25) is 0 Å². The van der Waals surface area contributed by atoms with E-state index in [1.165, 1.54) is 5.57 Å². The molecule has 2 aromatic rings.